The Balaban J connectivity index is 2.54. The summed E-state index contributed by atoms with van der Waals surface area (Å²) >= 11 is 6.20. The van der Waals surface area contributed by atoms with E-state index in [0.29, 0.717) is 12.2 Å². The average Bonchev–Trinajstić information content (AvgIpc) is 2.09. The summed E-state index contributed by atoms with van der Waals surface area (Å²) in [6.07, 6.45) is 0.453. The fourth-order valence-electron chi connectivity index (χ4n) is 0.858. The highest BCUT2D eigenvalue weighted by Gasteiger charge is 1.99. The number of thiol groups is 1. The van der Waals surface area contributed by atoms with Crippen LogP contribution in [0.5, 0.6) is 0 Å². The first-order valence-corrected chi connectivity index (χ1v) is 5.60. The molecule has 0 aliphatic rings. The number of hydrogen-bond acceptors (Lipinski definition) is 2. The van der Waals surface area contributed by atoms with Crippen LogP contribution in [-0.2, 0) is 4.79 Å². The molecule has 0 unspecified atom stereocenters. The van der Waals surface area contributed by atoms with E-state index in [1.54, 1.807) is 0 Å². The number of benzene rings is 1. The quantitative estimate of drug-likeness (QED) is 0.652. The number of carbonyl (C=O) groups excluding carboxylic acids is 1. The molecule has 0 aromatic heterocycles. The van der Waals surface area contributed by atoms with Crippen LogP contribution in [0.4, 0.5) is 5.69 Å². The van der Waals surface area contributed by atoms with Gasteiger partial charge in [-0.2, -0.15) is 12.6 Å². The van der Waals surface area contributed by atoms with Crippen LogP contribution in [0.15, 0.2) is 24.3 Å². The molecule has 2 nitrogen and oxygen atoms in total. The molecular weight excluding hydrogens is 297 g/mol. The molecule has 0 aliphatic carbocycles. The van der Waals surface area contributed by atoms with E-state index >= 15 is 0 Å². The van der Waals surface area contributed by atoms with Crippen molar-refractivity contribution >= 4 is 46.8 Å². The fraction of sp³-hybridized carbons (Fsp3) is 0.222. The summed E-state index contributed by atoms with van der Waals surface area (Å²) < 4.78 is 1.16. The minimum atomic E-state index is 0.0104. The van der Waals surface area contributed by atoms with Crippen molar-refractivity contribution in [1.82, 2.24) is 0 Å². The van der Waals surface area contributed by atoms with E-state index in [0.717, 1.165) is 9.26 Å². The highest BCUT2D eigenvalue weighted by Crippen LogP contribution is 2.11. The van der Waals surface area contributed by atoms with Gasteiger partial charge in [0.1, 0.15) is 0 Å². The SMILES string of the molecule is O=C(CCS)Nc1ccc(I)cc1. The van der Waals surface area contributed by atoms with E-state index in [1.807, 2.05) is 24.3 Å². The molecule has 1 aromatic carbocycles. The van der Waals surface area contributed by atoms with Crippen LogP contribution in [0, 0.1) is 3.57 Å². The molecule has 70 valence electrons. The Labute approximate surface area is 96.7 Å². The molecule has 13 heavy (non-hydrogen) atoms. The van der Waals surface area contributed by atoms with Gasteiger partial charge in [0.15, 0.2) is 0 Å². The Morgan fingerprint density at radius 2 is 2.00 bits per heavy atom. The topological polar surface area (TPSA) is 29.1 Å². The molecule has 0 fully saturated rings. The molecule has 1 rings (SSSR count). The minimum Gasteiger partial charge on any atom is -0.326 e. The lowest BCUT2D eigenvalue weighted by atomic mass is 10.3. The first kappa shape index (κ1) is 10.8. The van der Waals surface area contributed by atoms with Gasteiger partial charge >= 0.3 is 0 Å². The van der Waals surface area contributed by atoms with E-state index in [1.165, 1.54) is 0 Å². The molecule has 0 aliphatic heterocycles. The van der Waals surface area contributed by atoms with Crippen LogP contribution < -0.4 is 5.32 Å². The van der Waals surface area contributed by atoms with Crippen molar-refractivity contribution in [2.75, 3.05) is 11.1 Å². The Kier molecular flexibility index (Phi) is 4.58. The molecule has 1 N–H and O–H groups in total. The maximum atomic E-state index is 11.1. The van der Waals surface area contributed by atoms with Crippen LogP contribution in [0.25, 0.3) is 0 Å². The molecule has 0 atom stereocenters. The molecule has 0 saturated heterocycles. The lowest BCUT2D eigenvalue weighted by Crippen LogP contribution is -2.11. The number of rotatable bonds is 3. The molecule has 1 aromatic rings. The van der Waals surface area contributed by atoms with Crippen molar-refractivity contribution in [1.29, 1.82) is 0 Å². The second-order valence-corrected chi connectivity index (χ2v) is 4.22. The van der Waals surface area contributed by atoms with Gasteiger partial charge in [-0.15, -0.1) is 0 Å². The van der Waals surface area contributed by atoms with E-state index in [4.69, 9.17) is 0 Å². The van der Waals surface area contributed by atoms with Crippen molar-refractivity contribution < 1.29 is 4.79 Å². The Morgan fingerprint density at radius 1 is 1.38 bits per heavy atom. The molecule has 0 bridgehead atoms. The van der Waals surface area contributed by atoms with E-state index < -0.39 is 0 Å². The van der Waals surface area contributed by atoms with Crippen LogP contribution in [0.2, 0.25) is 0 Å². The molecule has 0 heterocycles. The number of halogens is 1. The minimum absolute atomic E-state index is 0.0104. The van der Waals surface area contributed by atoms with Crippen molar-refractivity contribution in [2.45, 2.75) is 6.42 Å². The highest BCUT2D eigenvalue weighted by molar-refractivity contribution is 14.1. The summed E-state index contributed by atoms with van der Waals surface area (Å²) in [4.78, 5) is 11.1. The van der Waals surface area contributed by atoms with Crippen LogP contribution >= 0.6 is 35.2 Å². The predicted octanol–water partition coefficient (Wildman–Crippen LogP) is 2.55. The van der Waals surface area contributed by atoms with Gasteiger partial charge in [-0.1, -0.05) is 0 Å². The summed E-state index contributed by atoms with van der Waals surface area (Å²) in [6, 6.07) is 7.68. The van der Waals surface area contributed by atoms with Gasteiger partial charge in [0.25, 0.3) is 0 Å². The maximum absolute atomic E-state index is 11.1. The van der Waals surface area contributed by atoms with Gasteiger partial charge in [0, 0.05) is 15.7 Å². The molecule has 4 heteroatoms. The summed E-state index contributed by atoms with van der Waals surface area (Å²) in [5.41, 5.74) is 0.840. The van der Waals surface area contributed by atoms with Gasteiger partial charge in [0.2, 0.25) is 5.91 Å². The smallest absolute Gasteiger partial charge is 0.225 e. The summed E-state index contributed by atoms with van der Waals surface area (Å²) in [5, 5.41) is 2.78. The van der Waals surface area contributed by atoms with E-state index in [2.05, 4.69) is 40.5 Å². The molecule has 0 saturated carbocycles. The second kappa shape index (κ2) is 5.49. The largest absolute Gasteiger partial charge is 0.326 e. The standard InChI is InChI=1S/C9H10INOS/c10-7-1-3-8(4-2-7)11-9(12)5-6-13/h1-4,13H,5-6H2,(H,11,12). The van der Waals surface area contributed by atoms with Crippen LogP contribution in [0.1, 0.15) is 6.42 Å². The van der Waals surface area contributed by atoms with E-state index in [-0.39, 0.29) is 5.91 Å². The third-order valence-corrected chi connectivity index (χ3v) is 2.41. The Bertz CT molecular complexity index is 286. The van der Waals surface area contributed by atoms with E-state index in [9.17, 15) is 4.79 Å². The molecule has 0 radical (unpaired) electrons. The number of carbonyl (C=O) groups is 1. The van der Waals surface area contributed by atoms with Gasteiger partial charge in [-0.05, 0) is 52.6 Å². The first-order chi connectivity index (χ1) is 6.22. The average molecular weight is 307 g/mol. The lowest BCUT2D eigenvalue weighted by Gasteiger charge is -2.03. The van der Waals surface area contributed by atoms with Crippen molar-refractivity contribution in [2.24, 2.45) is 0 Å². The summed E-state index contributed by atoms with van der Waals surface area (Å²) in [7, 11) is 0. The van der Waals surface area contributed by atoms with Gasteiger partial charge < -0.3 is 5.32 Å². The number of nitrogens with one attached hydrogen (secondary N) is 1. The third kappa shape index (κ3) is 3.99. The second-order valence-electron chi connectivity index (χ2n) is 2.53. The Hall–Kier alpha value is -0.230. The van der Waals surface area contributed by atoms with Crippen molar-refractivity contribution in [3.05, 3.63) is 27.8 Å². The molecule has 1 amide bonds. The number of anilines is 1. The van der Waals surface area contributed by atoms with Gasteiger partial charge in [0.05, 0.1) is 0 Å². The Morgan fingerprint density at radius 3 is 2.54 bits per heavy atom. The van der Waals surface area contributed by atoms with Crippen molar-refractivity contribution in [3.63, 3.8) is 0 Å². The third-order valence-electron chi connectivity index (χ3n) is 1.47. The number of hydrogen-bond donors (Lipinski definition) is 2. The van der Waals surface area contributed by atoms with Crippen LogP contribution in [0.3, 0.4) is 0 Å². The monoisotopic (exact) mass is 307 g/mol. The lowest BCUT2D eigenvalue weighted by molar-refractivity contribution is -0.115. The first-order valence-electron chi connectivity index (χ1n) is 3.88. The van der Waals surface area contributed by atoms with Crippen molar-refractivity contribution in [3.8, 4) is 0 Å². The molecule has 0 spiro atoms. The maximum Gasteiger partial charge on any atom is 0.225 e. The normalized spacial score (nSPS) is 9.69. The number of amides is 1. The zero-order valence-corrected chi connectivity index (χ0v) is 10.0. The van der Waals surface area contributed by atoms with Gasteiger partial charge in [-0.25, -0.2) is 0 Å². The van der Waals surface area contributed by atoms with Gasteiger partial charge in [-0.3, -0.25) is 4.79 Å². The zero-order chi connectivity index (χ0) is 9.68. The fourth-order valence-corrected chi connectivity index (χ4v) is 1.42. The zero-order valence-electron chi connectivity index (χ0n) is 6.96. The molecular formula is C9H10INOS. The summed E-state index contributed by atoms with van der Waals surface area (Å²) in [6.45, 7) is 0. The predicted molar refractivity (Wildman–Crippen MR) is 66.3 cm³/mol. The highest BCUT2D eigenvalue weighted by atomic mass is 127. The van der Waals surface area contributed by atoms with Crippen LogP contribution in [-0.4, -0.2) is 11.7 Å². The summed E-state index contributed by atoms with van der Waals surface area (Å²) in [5.74, 6) is 0.590.